The van der Waals surface area contributed by atoms with E-state index >= 15 is 0 Å². The zero-order chi connectivity index (χ0) is 11.2. The molecule has 2 aromatic rings. The van der Waals surface area contributed by atoms with Crippen molar-refractivity contribution in [3.63, 3.8) is 0 Å². The van der Waals surface area contributed by atoms with E-state index < -0.39 is 6.10 Å². The summed E-state index contributed by atoms with van der Waals surface area (Å²) >= 11 is 0.0782. The summed E-state index contributed by atoms with van der Waals surface area (Å²) in [7, 11) is 0. The van der Waals surface area contributed by atoms with Crippen molar-refractivity contribution in [2.45, 2.75) is 6.10 Å². The summed E-state index contributed by atoms with van der Waals surface area (Å²) < 4.78 is 6.26. The van der Waals surface area contributed by atoms with Gasteiger partial charge in [0.25, 0.3) is 0 Å². The fourth-order valence-electron chi connectivity index (χ4n) is 1.15. The van der Waals surface area contributed by atoms with E-state index in [2.05, 4.69) is 10.7 Å². The SMILES string of the molecule is OC(C#C[Se]c1ccccc1)c1ccco1. The Kier molecular flexibility index (Phi) is 3.85. The monoisotopic (exact) mass is 278 g/mol. The van der Waals surface area contributed by atoms with Gasteiger partial charge < -0.3 is 0 Å². The molecule has 1 aromatic carbocycles. The van der Waals surface area contributed by atoms with Gasteiger partial charge in [-0.05, 0) is 0 Å². The zero-order valence-electron chi connectivity index (χ0n) is 8.46. The van der Waals surface area contributed by atoms with Gasteiger partial charge in [-0.25, -0.2) is 0 Å². The number of hydrogen-bond donors (Lipinski definition) is 1. The van der Waals surface area contributed by atoms with Gasteiger partial charge >= 0.3 is 100 Å². The van der Waals surface area contributed by atoms with Crippen molar-refractivity contribution >= 4 is 19.4 Å². The van der Waals surface area contributed by atoms with Crippen LogP contribution in [0.15, 0.2) is 53.1 Å². The Labute approximate surface area is 100 Å². The van der Waals surface area contributed by atoms with Crippen LogP contribution in [-0.4, -0.2) is 20.1 Å². The molecule has 1 heterocycles. The number of furan rings is 1. The summed E-state index contributed by atoms with van der Waals surface area (Å²) in [6.45, 7) is 0. The molecule has 0 radical (unpaired) electrons. The van der Waals surface area contributed by atoms with Crippen LogP contribution >= 0.6 is 0 Å². The molecule has 1 N–H and O–H groups in total. The second kappa shape index (κ2) is 5.58. The molecule has 0 saturated heterocycles. The van der Waals surface area contributed by atoms with Crippen LogP contribution in [0.5, 0.6) is 0 Å². The molecule has 0 aliphatic heterocycles. The van der Waals surface area contributed by atoms with Gasteiger partial charge in [0.2, 0.25) is 0 Å². The van der Waals surface area contributed by atoms with Crippen LogP contribution in [0, 0.1) is 10.7 Å². The summed E-state index contributed by atoms with van der Waals surface area (Å²) in [5, 5.41) is 9.63. The van der Waals surface area contributed by atoms with Gasteiger partial charge in [-0.15, -0.1) is 0 Å². The predicted molar refractivity (Wildman–Crippen MR) is 63.3 cm³/mol. The number of benzene rings is 1. The second-order valence-corrected chi connectivity index (χ2v) is 4.93. The molecule has 0 aliphatic carbocycles. The van der Waals surface area contributed by atoms with Crippen LogP contribution in [0.2, 0.25) is 0 Å². The molecule has 80 valence electrons. The van der Waals surface area contributed by atoms with Crippen molar-refractivity contribution in [3.8, 4) is 10.7 Å². The fourth-order valence-corrected chi connectivity index (χ4v) is 2.37. The van der Waals surface area contributed by atoms with Crippen molar-refractivity contribution in [2.24, 2.45) is 0 Å². The van der Waals surface area contributed by atoms with E-state index in [1.165, 1.54) is 10.7 Å². The molecule has 0 amide bonds. The van der Waals surface area contributed by atoms with Crippen LogP contribution in [0.1, 0.15) is 11.9 Å². The van der Waals surface area contributed by atoms with Gasteiger partial charge in [-0.1, -0.05) is 0 Å². The molecule has 2 nitrogen and oxygen atoms in total. The van der Waals surface area contributed by atoms with Gasteiger partial charge in [0.05, 0.1) is 0 Å². The molecular formula is C13H10O2Se. The third-order valence-corrected chi connectivity index (χ3v) is 3.45. The standard InChI is InChI=1S/C13H10O2Se/c14-12(13-7-4-9-15-13)8-10-16-11-5-2-1-3-6-11/h1-7,9,12,14H. The Morgan fingerprint density at radius 2 is 1.94 bits per heavy atom. The van der Waals surface area contributed by atoms with Crippen molar-refractivity contribution in [1.29, 1.82) is 0 Å². The third kappa shape index (κ3) is 3.01. The van der Waals surface area contributed by atoms with Gasteiger partial charge in [-0.2, -0.15) is 0 Å². The van der Waals surface area contributed by atoms with Crippen LogP contribution in [0.4, 0.5) is 0 Å². The maximum atomic E-state index is 9.63. The topological polar surface area (TPSA) is 33.4 Å². The molecule has 1 atom stereocenters. The quantitative estimate of drug-likeness (QED) is 0.663. The van der Waals surface area contributed by atoms with E-state index in [-0.39, 0.29) is 15.0 Å². The van der Waals surface area contributed by atoms with E-state index in [0.717, 1.165) is 0 Å². The second-order valence-electron chi connectivity index (χ2n) is 3.08. The third-order valence-electron chi connectivity index (χ3n) is 1.92. The Bertz CT molecular complexity index is 480. The average Bonchev–Trinajstić information content (AvgIpc) is 2.84. The summed E-state index contributed by atoms with van der Waals surface area (Å²) in [6.07, 6.45) is 0.711. The number of aliphatic hydroxyl groups is 1. The first kappa shape index (κ1) is 11.0. The summed E-state index contributed by atoms with van der Waals surface area (Å²) in [5.74, 6) is 3.27. The summed E-state index contributed by atoms with van der Waals surface area (Å²) in [6, 6.07) is 13.5. The van der Waals surface area contributed by atoms with E-state index in [0.29, 0.717) is 5.76 Å². The van der Waals surface area contributed by atoms with Gasteiger partial charge in [0.1, 0.15) is 0 Å². The Hall–Kier alpha value is -1.46. The molecule has 0 aliphatic rings. The van der Waals surface area contributed by atoms with E-state index in [1.54, 1.807) is 12.1 Å². The number of aliphatic hydroxyl groups excluding tert-OH is 1. The number of rotatable bonds is 2. The number of hydrogen-bond acceptors (Lipinski definition) is 2. The molecule has 0 spiro atoms. The van der Waals surface area contributed by atoms with Crippen LogP contribution in [-0.2, 0) is 0 Å². The first-order valence-electron chi connectivity index (χ1n) is 4.80. The van der Waals surface area contributed by atoms with Gasteiger partial charge in [-0.3, -0.25) is 0 Å². The molecule has 1 aromatic heterocycles. The predicted octanol–water partition coefficient (Wildman–Crippen LogP) is 1.30. The molecule has 0 fully saturated rings. The van der Waals surface area contributed by atoms with Crippen LogP contribution in [0.25, 0.3) is 0 Å². The molecule has 0 bridgehead atoms. The minimum atomic E-state index is -0.819. The van der Waals surface area contributed by atoms with Crippen molar-refractivity contribution < 1.29 is 9.52 Å². The van der Waals surface area contributed by atoms with Crippen LogP contribution < -0.4 is 4.46 Å². The Morgan fingerprint density at radius 3 is 2.62 bits per heavy atom. The molecule has 0 saturated carbocycles. The van der Waals surface area contributed by atoms with Crippen molar-refractivity contribution in [2.75, 3.05) is 0 Å². The average molecular weight is 277 g/mol. The summed E-state index contributed by atoms with van der Waals surface area (Å²) in [5.41, 5.74) is 0. The maximum absolute atomic E-state index is 9.63. The van der Waals surface area contributed by atoms with E-state index in [4.69, 9.17) is 4.42 Å². The minimum absolute atomic E-state index is 0.0782. The molecule has 1 unspecified atom stereocenters. The summed E-state index contributed by atoms with van der Waals surface area (Å²) in [4.78, 5) is 2.99. The molecule has 3 heteroatoms. The first-order valence-corrected chi connectivity index (χ1v) is 6.51. The first-order chi connectivity index (χ1) is 7.86. The van der Waals surface area contributed by atoms with Crippen molar-refractivity contribution in [1.82, 2.24) is 0 Å². The van der Waals surface area contributed by atoms with E-state index in [9.17, 15) is 5.11 Å². The molecular weight excluding hydrogens is 267 g/mol. The zero-order valence-corrected chi connectivity index (χ0v) is 10.2. The molecule has 2 rings (SSSR count). The van der Waals surface area contributed by atoms with Gasteiger partial charge in [0, 0.05) is 0 Å². The van der Waals surface area contributed by atoms with E-state index in [1.807, 2.05) is 30.3 Å². The molecule has 16 heavy (non-hydrogen) atoms. The Morgan fingerprint density at radius 1 is 1.12 bits per heavy atom. The van der Waals surface area contributed by atoms with Crippen molar-refractivity contribution in [3.05, 3.63) is 54.5 Å². The van der Waals surface area contributed by atoms with Crippen LogP contribution in [0.3, 0.4) is 0 Å². The van der Waals surface area contributed by atoms with Gasteiger partial charge in [0.15, 0.2) is 0 Å². The Balaban J connectivity index is 1.96. The normalized spacial score (nSPS) is 11.6. The fraction of sp³-hybridized carbons (Fsp3) is 0.0769.